The zero-order valence-corrected chi connectivity index (χ0v) is 11.9. The number of hydrogen-bond acceptors (Lipinski definition) is 9. The van der Waals surface area contributed by atoms with E-state index in [2.05, 4.69) is 9.98 Å². The van der Waals surface area contributed by atoms with Crippen LogP contribution < -0.4 is 0 Å². The molecule has 4 N–H and O–H groups in total. The van der Waals surface area contributed by atoms with E-state index in [0.717, 1.165) is 0 Å². The average molecular weight is 324 g/mol. The summed E-state index contributed by atoms with van der Waals surface area (Å²) in [5.74, 6) is 0.253. The lowest BCUT2D eigenvalue weighted by Gasteiger charge is -2.25. The molecular formula is C13H16N4O6. The number of fused-ring (bicyclic) bond motifs is 1. The number of aldehydes is 1. The van der Waals surface area contributed by atoms with E-state index in [-0.39, 0.29) is 11.5 Å². The maximum Gasteiger partial charge on any atom is 0.178 e. The van der Waals surface area contributed by atoms with Crippen LogP contribution in [0.2, 0.25) is 0 Å². The molecule has 3 heterocycles. The molecule has 124 valence electrons. The Kier molecular flexibility index (Phi) is 4.24. The van der Waals surface area contributed by atoms with E-state index in [1.165, 1.54) is 34.4 Å². The largest absolute Gasteiger partial charge is 0.394 e. The number of nitrogens with zero attached hydrogens (tertiary/aromatic N) is 4. The highest BCUT2D eigenvalue weighted by Gasteiger charge is 2.44. The first-order valence-electron chi connectivity index (χ1n) is 6.89. The van der Waals surface area contributed by atoms with Crippen molar-refractivity contribution in [3.63, 3.8) is 0 Å². The lowest BCUT2D eigenvalue weighted by molar-refractivity contribution is -0.104. The molecule has 3 unspecified atom stereocenters. The minimum absolute atomic E-state index is 0.209. The Bertz CT molecular complexity index is 644. The molecule has 0 aliphatic carbocycles. The van der Waals surface area contributed by atoms with E-state index in [9.17, 15) is 20.1 Å². The van der Waals surface area contributed by atoms with Crippen molar-refractivity contribution in [1.29, 1.82) is 0 Å². The van der Waals surface area contributed by atoms with Gasteiger partial charge in [-0.25, -0.2) is 9.98 Å². The number of aliphatic hydroxyl groups is 4. The number of ether oxygens (including phenoxy) is 1. The molecule has 0 amide bonds. The number of allylic oxidation sites excluding steroid dienone is 1. The molecule has 10 nitrogen and oxygen atoms in total. The number of aliphatic imine (C=N–C) groups is 1. The van der Waals surface area contributed by atoms with Gasteiger partial charge in [-0.1, -0.05) is 0 Å². The Balaban J connectivity index is 1.89. The number of rotatable bonds is 4. The van der Waals surface area contributed by atoms with Gasteiger partial charge >= 0.3 is 0 Å². The summed E-state index contributed by atoms with van der Waals surface area (Å²) in [6, 6.07) is 0. The van der Waals surface area contributed by atoms with Crippen LogP contribution in [0.25, 0.3) is 0 Å². The molecule has 5 atom stereocenters. The second-order valence-electron chi connectivity index (χ2n) is 5.13. The maximum absolute atomic E-state index is 10.4. The predicted octanol–water partition coefficient (Wildman–Crippen LogP) is -1.83. The van der Waals surface area contributed by atoms with Crippen molar-refractivity contribution in [2.75, 3.05) is 6.61 Å². The van der Waals surface area contributed by atoms with Crippen molar-refractivity contribution in [2.45, 2.75) is 30.8 Å². The molecule has 1 aromatic heterocycles. The third-order valence-electron chi connectivity index (χ3n) is 3.76. The standard InChI is InChI=1S/C13H16N4O6/c18-3-1-2-16-5-15-11-8(12(16)22)14-6-17(11)13-10(21)9(20)7(4-19)23-13/h1-3,5-7,9-10,12-13,19-22H,4H2/t7-,9?,10?,12?,13-/m1/s1. The molecule has 0 spiro atoms. The minimum Gasteiger partial charge on any atom is -0.394 e. The van der Waals surface area contributed by atoms with Crippen LogP contribution >= 0.6 is 0 Å². The minimum atomic E-state index is -1.27. The van der Waals surface area contributed by atoms with Gasteiger partial charge in [0.2, 0.25) is 0 Å². The van der Waals surface area contributed by atoms with E-state index in [1.807, 2.05) is 0 Å². The molecule has 10 heteroatoms. The molecule has 23 heavy (non-hydrogen) atoms. The predicted molar refractivity (Wildman–Crippen MR) is 75.4 cm³/mol. The molecule has 0 radical (unpaired) electrons. The van der Waals surface area contributed by atoms with E-state index >= 15 is 0 Å². The Morgan fingerprint density at radius 2 is 2.09 bits per heavy atom. The van der Waals surface area contributed by atoms with E-state index in [0.29, 0.717) is 6.29 Å². The van der Waals surface area contributed by atoms with Gasteiger partial charge in [0.25, 0.3) is 0 Å². The third kappa shape index (κ3) is 2.56. The summed E-state index contributed by atoms with van der Waals surface area (Å²) in [7, 11) is 0. The molecular weight excluding hydrogens is 308 g/mol. The summed E-state index contributed by atoms with van der Waals surface area (Å²) in [5, 5.41) is 39.2. The normalized spacial score (nSPS) is 33.4. The second kappa shape index (κ2) is 6.18. The number of hydrogen-bond donors (Lipinski definition) is 4. The SMILES string of the molecule is O=CC=CN1C=Nc2c(ncn2[C@@H]2O[C@H](CO)C(O)C2O)C1O. The summed E-state index contributed by atoms with van der Waals surface area (Å²) in [6.07, 6.45) is 0.144. The van der Waals surface area contributed by atoms with Gasteiger partial charge in [0.1, 0.15) is 30.3 Å². The van der Waals surface area contributed by atoms with Crippen molar-refractivity contribution < 1.29 is 30.0 Å². The van der Waals surface area contributed by atoms with Gasteiger partial charge in [-0.05, 0) is 6.08 Å². The van der Waals surface area contributed by atoms with Crippen molar-refractivity contribution in [3.05, 3.63) is 24.3 Å². The first-order valence-corrected chi connectivity index (χ1v) is 6.89. The zero-order valence-electron chi connectivity index (χ0n) is 11.9. The lowest BCUT2D eigenvalue weighted by atomic mass is 10.1. The molecule has 2 aliphatic heterocycles. The zero-order chi connectivity index (χ0) is 16.6. The molecule has 1 fully saturated rings. The van der Waals surface area contributed by atoms with Crippen molar-refractivity contribution >= 4 is 18.4 Å². The summed E-state index contributed by atoms with van der Waals surface area (Å²) >= 11 is 0. The Labute approximate surface area is 130 Å². The highest BCUT2D eigenvalue weighted by Crippen LogP contribution is 2.37. The van der Waals surface area contributed by atoms with Gasteiger partial charge < -0.3 is 30.1 Å². The fourth-order valence-corrected chi connectivity index (χ4v) is 2.56. The van der Waals surface area contributed by atoms with Crippen LogP contribution in [-0.4, -0.2) is 72.4 Å². The van der Waals surface area contributed by atoms with Gasteiger partial charge in [0.05, 0.1) is 19.3 Å². The lowest BCUT2D eigenvalue weighted by Crippen LogP contribution is -2.33. The maximum atomic E-state index is 10.4. The quantitative estimate of drug-likeness (QED) is 0.374. The monoisotopic (exact) mass is 324 g/mol. The Morgan fingerprint density at radius 1 is 1.30 bits per heavy atom. The van der Waals surface area contributed by atoms with Gasteiger partial charge in [0.15, 0.2) is 18.3 Å². The molecule has 2 aliphatic rings. The van der Waals surface area contributed by atoms with E-state index < -0.39 is 37.4 Å². The highest BCUT2D eigenvalue weighted by molar-refractivity contribution is 5.69. The number of imidazole rings is 1. The molecule has 1 saturated heterocycles. The molecule has 0 saturated carbocycles. The first-order chi connectivity index (χ1) is 11.1. The van der Waals surface area contributed by atoms with Crippen LogP contribution in [0.1, 0.15) is 18.1 Å². The molecule has 0 aromatic carbocycles. The van der Waals surface area contributed by atoms with Crippen LogP contribution in [0.4, 0.5) is 5.82 Å². The van der Waals surface area contributed by atoms with Crippen molar-refractivity contribution in [2.24, 2.45) is 4.99 Å². The first kappa shape index (κ1) is 15.8. The van der Waals surface area contributed by atoms with Gasteiger partial charge in [-0.15, -0.1) is 0 Å². The van der Waals surface area contributed by atoms with Crippen LogP contribution in [-0.2, 0) is 9.53 Å². The summed E-state index contributed by atoms with van der Waals surface area (Å²) in [5.41, 5.74) is 0.209. The number of carbonyl (C=O) groups is 1. The number of carbonyl (C=O) groups excluding carboxylic acids is 1. The summed E-state index contributed by atoms with van der Waals surface area (Å²) < 4.78 is 6.79. The second-order valence-corrected chi connectivity index (χ2v) is 5.13. The molecule has 1 aromatic rings. The van der Waals surface area contributed by atoms with E-state index in [1.54, 1.807) is 0 Å². The van der Waals surface area contributed by atoms with Crippen LogP contribution in [0.3, 0.4) is 0 Å². The van der Waals surface area contributed by atoms with Crippen molar-refractivity contribution in [3.8, 4) is 0 Å². The van der Waals surface area contributed by atoms with Crippen LogP contribution in [0.15, 0.2) is 23.6 Å². The van der Waals surface area contributed by atoms with E-state index in [4.69, 9.17) is 9.84 Å². The molecule has 3 rings (SSSR count). The Morgan fingerprint density at radius 3 is 2.74 bits per heavy atom. The fourth-order valence-electron chi connectivity index (χ4n) is 2.56. The van der Waals surface area contributed by atoms with Gasteiger partial charge in [0, 0.05) is 6.20 Å². The van der Waals surface area contributed by atoms with Crippen molar-refractivity contribution in [1.82, 2.24) is 14.5 Å². The van der Waals surface area contributed by atoms with Crippen LogP contribution in [0, 0.1) is 0 Å². The third-order valence-corrected chi connectivity index (χ3v) is 3.76. The summed E-state index contributed by atoms with van der Waals surface area (Å²) in [4.78, 5) is 19.8. The summed E-state index contributed by atoms with van der Waals surface area (Å²) in [6.45, 7) is -0.443. The average Bonchev–Trinajstić information content (AvgIpc) is 3.10. The van der Waals surface area contributed by atoms with Gasteiger partial charge in [-0.3, -0.25) is 9.36 Å². The number of aliphatic hydroxyl groups excluding tert-OH is 4. The molecule has 0 bridgehead atoms. The fraction of sp³-hybridized carbons (Fsp3) is 0.462. The topological polar surface area (TPSA) is 141 Å². The van der Waals surface area contributed by atoms with Crippen LogP contribution in [0.5, 0.6) is 0 Å². The Hall–Kier alpha value is -2.11. The smallest absolute Gasteiger partial charge is 0.178 e. The van der Waals surface area contributed by atoms with Gasteiger partial charge in [-0.2, -0.15) is 0 Å². The number of aromatic nitrogens is 2. The highest BCUT2D eigenvalue weighted by atomic mass is 16.6.